The maximum atomic E-state index is 5.92. The summed E-state index contributed by atoms with van der Waals surface area (Å²) in [5, 5.41) is 0. The Kier molecular flexibility index (Phi) is 2.69. The summed E-state index contributed by atoms with van der Waals surface area (Å²) >= 11 is 0. The van der Waals surface area contributed by atoms with Gasteiger partial charge < -0.3 is 5.73 Å². The number of allylic oxidation sites excluding steroid dienone is 6. The average molecular weight is 173 g/mol. The highest BCUT2D eigenvalue weighted by atomic mass is 14.7. The minimum Gasteiger partial charge on any atom is -0.319 e. The van der Waals surface area contributed by atoms with Gasteiger partial charge in [0, 0.05) is 0 Å². The summed E-state index contributed by atoms with van der Waals surface area (Å²) in [6.07, 6.45) is 11.6. The third-order valence-corrected chi connectivity index (χ3v) is 1.97. The lowest BCUT2D eigenvalue weighted by molar-refractivity contribution is 0.736. The maximum Gasteiger partial charge on any atom is 0.0502 e. The van der Waals surface area contributed by atoms with E-state index in [4.69, 9.17) is 5.73 Å². The molecular weight excluding hydrogens is 158 g/mol. The van der Waals surface area contributed by atoms with Gasteiger partial charge in [0.05, 0.1) is 5.54 Å². The summed E-state index contributed by atoms with van der Waals surface area (Å²) in [6, 6.07) is 0. The van der Waals surface area contributed by atoms with Gasteiger partial charge >= 0.3 is 0 Å². The highest BCUT2D eigenvalue weighted by Crippen LogP contribution is 2.17. The molecule has 0 aromatic heterocycles. The Bertz CT molecular complexity index is 314. The minimum absolute atomic E-state index is 0.361. The van der Waals surface area contributed by atoms with Gasteiger partial charge in [-0.25, -0.2) is 0 Å². The van der Waals surface area contributed by atoms with E-state index in [0.717, 1.165) is 11.1 Å². The monoisotopic (exact) mass is 173 g/mol. The third-order valence-electron chi connectivity index (χ3n) is 1.97. The van der Waals surface area contributed by atoms with Gasteiger partial charge in [0.15, 0.2) is 0 Å². The standard InChI is InChI=1S/C12H15N/c1-4-10(2)11-6-5-8-12(3,13)9-7-11/h4-9H,1-2,13H2,3H3. The van der Waals surface area contributed by atoms with Crippen molar-refractivity contribution in [1.82, 2.24) is 0 Å². The second kappa shape index (κ2) is 3.58. The zero-order chi connectivity index (χ0) is 9.90. The van der Waals surface area contributed by atoms with Crippen LogP contribution in [0.3, 0.4) is 0 Å². The molecule has 0 fully saturated rings. The first-order chi connectivity index (χ1) is 6.05. The fourth-order valence-electron chi connectivity index (χ4n) is 1.07. The first kappa shape index (κ1) is 9.75. The van der Waals surface area contributed by atoms with E-state index >= 15 is 0 Å². The SMILES string of the molecule is C=CC(=C)C1=CC=CC(C)(N)C=C1. The summed E-state index contributed by atoms with van der Waals surface area (Å²) in [5.41, 5.74) is 7.53. The Labute approximate surface area is 79.6 Å². The van der Waals surface area contributed by atoms with E-state index in [1.165, 1.54) is 0 Å². The fraction of sp³-hybridized carbons (Fsp3) is 0.167. The molecule has 2 N–H and O–H groups in total. The minimum atomic E-state index is -0.361. The number of rotatable bonds is 2. The average Bonchev–Trinajstić information content (AvgIpc) is 2.25. The summed E-state index contributed by atoms with van der Waals surface area (Å²) in [7, 11) is 0. The topological polar surface area (TPSA) is 26.0 Å². The van der Waals surface area contributed by atoms with Gasteiger partial charge in [0.1, 0.15) is 0 Å². The van der Waals surface area contributed by atoms with Gasteiger partial charge in [-0.1, -0.05) is 49.6 Å². The van der Waals surface area contributed by atoms with E-state index in [9.17, 15) is 0 Å². The van der Waals surface area contributed by atoms with Crippen molar-refractivity contribution in [3.63, 3.8) is 0 Å². The molecule has 13 heavy (non-hydrogen) atoms. The third kappa shape index (κ3) is 2.56. The van der Waals surface area contributed by atoms with Crippen LogP contribution >= 0.6 is 0 Å². The van der Waals surface area contributed by atoms with Crippen LogP contribution in [0.4, 0.5) is 0 Å². The molecule has 0 bridgehead atoms. The highest BCUT2D eigenvalue weighted by molar-refractivity contribution is 5.48. The van der Waals surface area contributed by atoms with Crippen molar-refractivity contribution >= 4 is 0 Å². The fourth-order valence-corrected chi connectivity index (χ4v) is 1.07. The normalized spacial score (nSPS) is 26.5. The number of nitrogens with two attached hydrogens (primary N) is 1. The van der Waals surface area contributed by atoms with Crippen LogP contribution in [-0.4, -0.2) is 5.54 Å². The number of hydrogen-bond donors (Lipinski definition) is 1. The molecule has 1 aliphatic rings. The molecule has 0 aromatic carbocycles. The predicted molar refractivity (Wildman–Crippen MR) is 58.3 cm³/mol. The Morgan fingerprint density at radius 1 is 1.54 bits per heavy atom. The van der Waals surface area contributed by atoms with E-state index in [2.05, 4.69) is 13.2 Å². The lowest BCUT2D eigenvalue weighted by Gasteiger charge is -2.12. The molecule has 1 atom stereocenters. The van der Waals surface area contributed by atoms with Crippen LogP contribution in [0.5, 0.6) is 0 Å². The van der Waals surface area contributed by atoms with Gasteiger partial charge in [0.2, 0.25) is 0 Å². The smallest absolute Gasteiger partial charge is 0.0502 e. The quantitative estimate of drug-likeness (QED) is 0.638. The van der Waals surface area contributed by atoms with Crippen LogP contribution in [-0.2, 0) is 0 Å². The van der Waals surface area contributed by atoms with Crippen LogP contribution in [0, 0.1) is 0 Å². The van der Waals surface area contributed by atoms with Gasteiger partial charge in [-0.3, -0.25) is 0 Å². The molecule has 0 amide bonds. The lowest BCUT2D eigenvalue weighted by atomic mass is 10.0. The van der Waals surface area contributed by atoms with Crippen LogP contribution in [0.2, 0.25) is 0 Å². The molecule has 0 saturated carbocycles. The molecule has 0 saturated heterocycles. The Morgan fingerprint density at radius 2 is 2.23 bits per heavy atom. The van der Waals surface area contributed by atoms with Gasteiger partial charge in [-0.05, 0) is 18.1 Å². The van der Waals surface area contributed by atoms with Gasteiger partial charge in [-0.15, -0.1) is 0 Å². The van der Waals surface area contributed by atoms with Crippen LogP contribution in [0.1, 0.15) is 6.92 Å². The Morgan fingerprint density at radius 3 is 2.85 bits per heavy atom. The van der Waals surface area contributed by atoms with E-state index in [1.54, 1.807) is 6.08 Å². The maximum absolute atomic E-state index is 5.92. The summed E-state index contributed by atoms with van der Waals surface area (Å²) in [5.74, 6) is 0. The van der Waals surface area contributed by atoms with Crippen molar-refractivity contribution in [2.45, 2.75) is 12.5 Å². The second-order valence-electron chi connectivity index (χ2n) is 3.41. The molecule has 0 radical (unpaired) electrons. The lowest BCUT2D eigenvalue weighted by Crippen LogP contribution is -2.30. The largest absolute Gasteiger partial charge is 0.319 e. The highest BCUT2D eigenvalue weighted by Gasteiger charge is 2.10. The zero-order valence-corrected chi connectivity index (χ0v) is 7.96. The van der Waals surface area contributed by atoms with Crippen molar-refractivity contribution in [3.8, 4) is 0 Å². The molecule has 68 valence electrons. The van der Waals surface area contributed by atoms with Crippen LogP contribution in [0.15, 0.2) is 60.8 Å². The van der Waals surface area contributed by atoms with E-state index in [0.29, 0.717) is 0 Å². The summed E-state index contributed by atoms with van der Waals surface area (Å²) < 4.78 is 0. The van der Waals surface area contributed by atoms with E-state index in [1.807, 2.05) is 37.3 Å². The second-order valence-corrected chi connectivity index (χ2v) is 3.41. The molecule has 0 heterocycles. The van der Waals surface area contributed by atoms with E-state index < -0.39 is 0 Å². The van der Waals surface area contributed by atoms with Crippen molar-refractivity contribution in [3.05, 3.63) is 60.8 Å². The zero-order valence-electron chi connectivity index (χ0n) is 7.96. The summed E-state index contributed by atoms with van der Waals surface area (Å²) in [6.45, 7) is 9.50. The van der Waals surface area contributed by atoms with E-state index in [-0.39, 0.29) is 5.54 Å². The van der Waals surface area contributed by atoms with Gasteiger partial charge in [-0.2, -0.15) is 0 Å². The molecule has 1 nitrogen and oxygen atoms in total. The molecule has 1 heteroatoms. The molecule has 1 aliphatic carbocycles. The summed E-state index contributed by atoms with van der Waals surface area (Å²) in [4.78, 5) is 0. The first-order valence-electron chi connectivity index (χ1n) is 4.24. The van der Waals surface area contributed by atoms with Crippen molar-refractivity contribution in [2.24, 2.45) is 5.73 Å². The van der Waals surface area contributed by atoms with Gasteiger partial charge in [0.25, 0.3) is 0 Å². The molecule has 1 unspecified atom stereocenters. The predicted octanol–water partition coefficient (Wildman–Crippen LogP) is 2.50. The van der Waals surface area contributed by atoms with Crippen molar-refractivity contribution in [2.75, 3.05) is 0 Å². The van der Waals surface area contributed by atoms with Crippen LogP contribution < -0.4 is 5.73 Å². The molecule has 0 aliphatic heterocycles. The molecule has 0 spiro atoms. The van der Waals surface area contributed by atoms with Crippen molar-refractivity contribution < 1.29 is 0 Å². The molecule has 0 aromatic rings. The van der Waals surface area contributed by atoms with Crippen molar-refractivity contribution in [1.29, 1.82) is 0 Å². The number of hydrogen-bond acceptors (Lipinski definition) is 1. The molecule has 1 rings (SSSR count). The van der Waals surface area contributed by atoms with Crippen LogP contribution in [0.25, 0.3) is 0 Å². The first-order valence-corrected chi connectivity index (χ1v) is 4.24. The molecular formula is C12H15N. The Balaban J connectivity index is 2.95. The Hall–Kier alpha value is -1.34.